The number of para-hydroxylation sites is 1. The summed E-state index contributed by atoms with van der Waals surface area (Å²) < 4.78 is 39.9. The molecule has 0 saturated heterocycles. The zero-order valence-electron chi connectivity index (χ0n) is 10.1. The van der Waals surface area contributed by atoms with E-state index in [1.165, 1.54) is 18.2 Å². The molecule has 6 heteroatoms. The van der Waals surface area contributed by atoms with E-state index in [2.05, 4.69) is 5.32 Å². The van der Waals surface area contributed by atoms with Gasteiger partial charge < -0.3 is 10.4 Å². The summed E-state index contributed by atoms with van der Waals surface area (Å²) in [5.74, 6) is -3.90. The molecule has 0 fully saturated rings. The van der Waals surface area contributed by atoms with E-state index >= 15 is 0 Å². The summed E-state index contributed by atoms with van der Waals surface area (Å²) in [6.45, 7) is 0. The Balaban J connectivity index is 2.37. The third-order valence-corrected chi connectivity index (χ3v) is 2.69. The van der Waals surface area contributed by atoms with E-state index in [1.54, 1.807) is 0 Å². The molecule has 0 aliphatic heterocycles. The second-order valence-corrected chi connectivity index (χ2v) is 4.06. The molecule has 2 aromatic rings. The number of anilines is 1. The number of halogens is 3. The molecule has 0 bridgehead atoms. The molecule has 3 nitrogen and oxygen atoms in total. The summed E-state index contributed by atoms with van der Waals surface area (Å²) in [5.41, 5.74) is -0.356. The number of hydrogen-bond donors (Lipinski definition) is 2. The quantitative estimate of drug-likeness (QED) is 0.903. The summed E-state index contributed by atoms with van der Waals surface area (Å²) >= 11 is 0. The minimum atomic E-state index is -1.52. The third-order valence-electron chi connectivity index (χ3n) is 2.69. The largest absolute Gasteiger partial charge is 0.479 e. The molecule has 0 spiro atoms. The van der Waals surface area contributed by atoms with Gasteiger partial charge in [0.05, 0.1) is 5.69 Å². The van der Waals surface area contributed by atoms with Crippen LogP contribution < -0.4 is 5.32 Å². The van der Waals surface area contributed by atoms with Crippen LogP contribution in [-0.2, 0) is 4.79 Å². The highest BCUT2D eigenvalue weighted by Gasteiger charge is 2.24. The van der Waals surface area contributed by atoms with Gasteiger partial charge in [0, 0.05) is 11.6 Å². The van der Waals surface area contributed by atoms with Gasteiger partial charge in [-0.05, 0) is 18.2 Å². The third kappa shape index (κ3) is 2.90. The molecule has 0 amide bonds. The maximum atomic E-state index is 13.6. The molecule has 2 aromatic carbocycles. The van der Waals surface area contributed by atoms with Crippen LogP contribution in [0.5, 0.6) is 0 Å². The van der Waals surface area contributed by atoms with E-state index in [0.717, 1.165) is 18.2 Å². The number of benzene rings is 2. The van der Waals surface area contributed by atoms with Crippen molar-refractivity contribution in [3.8, 4) is 0 Å². The fourth-order valence-electron chi connectivity index (χ4n) is 1.74. The lowest BCUT2D eigenvalue weighted by atomic mass is 10.1. The molecule has 0 radical (unpaired) electrons. The standard InChI is InChI=1S/C14H10F3NO2/c15-8-5-6-9(11(17)7-8)13(14(19)20)18-12-4-2-1-3-10(12)16/h1-7,13,18H,(H,19,20). The molecule has 1 unspecified atom stereocenters. The van der Waals surface area contributed by atoms with E-state index in [-0.39, 0.29) is 11.3 Å². The first kappa shape index (κ1) is 13.9. The van der Waals surface area contributed by atoms with Gasteiger partial charge in [0.25, 0.3) is 0 Å². The molecule has 0 aliphatic carbocycles. The van der Waals surface area contributed by atoms with Gasteiger partial charge in [-0.1, -0.05) is 18.2 Å². The summed E-state index contributed by atoms with van der Waals surface area (Å²) in [6.07, 6.45) is 0. The van der Waals surface area contributed by atoms with Gasteiger partial charge in [0.15, 0.2) is 6.04 Å². The van der Waals surface area contributed by atoms with Gasteiger partial charge in [-0.25, -0.2) is 18.0 Å². The van der Waals surface area contributed by atoms with Crippen LogP contribution in [0.25, 0.3) is 0 Å². The highest BCUT2D eigenvalue weighted by Crippen LogP contribution is 2.24. The Labute approximate surface area is 112 Å². The Bertz CT molecular complexity index is 646. The minimum absolute atomic E-state index is 0.0800. The van der Waals surface area contributed by atoms with Crippen LogP contribution in [-0.4, -0.2) is 11.1 Å². The van der Waals surface area contributed by atoms with Crippen molar-refractivity contribution in [3.05, 3.63) is 65.5 Å². The molecule has 2 N–H and O–H groups in total. The Morgan fingerprint density at radius 2 is 1.75 bits per heavy atom. The second-order valence-electron chi connectivity index (χ2n) is 4.06. The van der Waals surface area contributed by atoms with Crippen molar-refractivity contribution < 1.29 is 23.1 Å². The van der Waals surface area contributed by atoms with Gasteiger partial charge >= 0.3 is 5.97 Å². The zero-order chi connectivity index (χ0) is 14.7. The SMILES string of the molecule is O=C(O)C(Nc1ccccc1F)c1ccc(F)cc1F. The van der Waals surface area contributed by atoms with Crippen LogP contribution in [0.3, 0.4) is 0 Å². The fourth-order valence-corrected chi connectivity index (χ4v) is 1.74. The summed E-state index contributed by atoms with van der Waals surface area (Å²) in [6, 6.07) is 6.42. The summed E-state index contributed by atoms with van der Waals surface area (Å²) in [7, 11) is 0. The molecule has 2 rings (SSSR count). The maximum absolute atomic E-state index is 13.6. The predicted molar refractivity (Wildman–Crippen MR) is 66.8 cm³/mol. The van der Waals surface area contributed by atoms with Gasteiger partial charge in [-0.2, -0.15) is 0 Å². The molecular weight excluding hydrogens is 271 g/mol. The van der Waals surface area contributed by atoms with Crippen molar-refractivity contribution in [1.82, 2.24) is 0 Å². The molecule has 1 atom stereocenters. The molecule has 20 heavy (non-hydrogen) atoms. The van der Waals surface area contributed by atoms with Crippen LogP contribution in [0.15, 0.2) is 42.5 Å². The lowest BCUT2D eigenvalue weighted by Crippen LogP contribution is -2.22. The van der Waals surface area contributed by atoms with E-state index in [1.807, 2.05) is 0 Å². The molecule has 0 aliphatic rings. The van der Waals surface area contributed by atoms with E-state index in [4.69, 9.17) is 5.11 Å². The molecule has 0 aromatic heterocycles. The molecule has 0 saturated carbocycles. The van der Waals surface area contributed by atoms with Crippen LogP contribution >= 0.6 is 0 Å². The van der Waals surface area contributed by atoms with Crippen LogP contribution in [0.2, 0.25) is 0 Å². The van der Waals surface area contributed by atoms with E-state index in [0.29, 0.717) is 6.07 Å². The van der Waals surface area contributed by atoms with Crippen molar-refractivity contribution in [1.29, 1.82) is 0 Å². The number of carboxylic acid groups (broad SMARTS) is 1. The van der Waals surface area contributed by atoms with E-state index < -0.39 is 29.5 Å². The molecule has 0 heterocycles. The smallest absolute Gasteiger partial charge is 0.330 e. The lowest BCUT2D eigenvalue weighted by molar-refractivity contribution is -0.138. The normalized spacial score (nSPS) is 11.9. The number of aliphatic carboxylic acids is 1. The van der Waals surface area contributed by atoms with Crippen molar-refractivity contribution in [3.63, 3.8) is 0 Å². The summed E-state index contributed by atoms with van der Waals surface area (Å²) in [4.78, 5) is 11.2. The number of carboxylic acids is 1. The van der Waals surface area contributed by atoms with E-state index in [9.17, 15) is 18.0 Å². The minimum Gasteiger partial charge on any atom is -0.479 e. The maximum Gasteiger partial charge on any atom is 0.330 e. The average molecular weight is 281 g/mol. The van der Waals surface area contributed by atoms with Crippen LogP contribution in [0.4, 0.5) is 18.9 Å². The number of rotatable bonds is 4. The molecular formula is C14H10F3NO2. The highest BCUT2D eigenvalue weighted by molar-refractivity contribution is 5.79. The zero-order valence-corrected chi connectivity index (χ0v) is 10.1. The number of carbonyl (C=O) groups is 1. The van der Waals surface area contributed by atoms with Crippen molar-refractivity contribution in [2.45, 2.75) is 6.04 Å². The lowest BCUT2D eigenvalue weighted by Gasteiger charge is -2.17. The number of nitrogens with one attached hydrogen (secondary N) is 1. The Morgan fingerprint density at radius 3 is 2.35 bits per heavy atom. The topological polar surface area (TPSA) is 49.3 Å². The van der Waals surface area contributed by atoms with Gasteiger partial charge in [0.1, 0.15) is 17.5 Å². The van der Waals surface area contributed by atoms with Gasteiger partial charge in [0.2, 0.25) is 0 Å². The van der Waals surface area contributed by atoms with Crippen molar-refractivity contribution >= 4 is 11.7 Å². The second kappa shape index (κ2) is 5.64. The van der Waals surface area contributed by atoms with Gasteiger partial charge in [-0.3, -0.25) is 0 Å². The first-order valence-corrected chi connectivity index (χ1v) is 5.68. The van der Waals surface area contributed by atoms with Crippen LogP contribution in [0.1, 0.15) is 11.6 Å². The number of hydrogen-bond acceptors (Lipinski definition) is 2. The van der Waals surface area contributed by atoms with Gasteiger partial charge in [-0.15, -0.1) is 0 Å². The van der Waals surface area contributed by atoms with Crippen molar-refractivity contribution in [2.24, 2.45) is 0 Å². The Hall–Kier alpha value is -2.50. The van der Waals surface area contributed by atoms with Crippen LogP contribution in [0, 0.1) is 17.5 Å². The first-order chi connectivity index (χ1) is 9.49. The highest BCUT2D eigenvalue weighted by atomic mass is 19.1. The summed E-state index contributed by atoms with van der Waals surface area (Å²) in [5, 5.41) is 11.5. The average Bonchev–Trinajstić information content (AvgIpc) is 2.38. The Kier molecular flexibility index (Phi) is 3.93. The Morgan fingerprint density at radius 1 is 1.05 bits per heavy atom. The predicted octanol–water partition coefficient (Wildman–Crippen LogP) is 3.34. The fraction of sp³-hybridized carbons (Fsp3) is 0.0714. The molecule has 104 valence electrons. The monoisotopic (exact) mass is 281 g/mol. The first-order valence-electron chi connectivity index (χ1n) is 5.68. The van der Waals surface area contributed by atoms with Crippen molar-refractivity contribution in [2.75, 3.05) is 5.32 Å².